The number of hydrogen-bond acceptors (Lipinski definition) is 5. The van der Waals surface area contributed by atoms with Crippen molar-refractivity contribution in [1.82, 2.24) is 0 Å². The van der Waals surface area contributed by atoms with Crippen LogP contribution in [-0.4, -0.2) is 18.4 Å². The van der Waals surface area contributed by atoms with Gasteiger partial charge in [0.1, 0.15) is 13.0 Å². The molecule has 0 N–H and O–H groups in total. The number of ether oxygens (including phenoxy) is 2. The molecule has 0 bridgehead atoms. The second kappa shape index (κ2) is 17.4. The van der Waals surface area contributed by atoms with Gasteiger partial charge < -0.3 is 9.47 Å². The molecular weight excluding hydrogens is 432 g/mol. The fourth-order valence-electron chi connectivity index (χ4n) is 3.67. The molecule has 0 saturated carbocycles. The third-order valence-corrected chi connectivity index (χ3v) is 6.68. The van der Waals surface area contributed by atoms with Crippen LogP contribution >= 0.6 is 11.3 Å². The Morgan fingerprint density at radius 2 is 1.36 bits per heavy atom. The highest BCUT2D eigenvalue weighted by atomic mass is 32.1. The number of rotatable bonds is 19. The van der Waals surface area contributed by atoms with E-state index in [0.717, 1.165) is 17.0 Å². The Balaban J connectivity index is 1.48. The van der Waals surface area contributed by atoms with Crippen LogP contribution in [-0.2, 0) is 16.1 Å². The van der Waals surface area contributed by atoms with Crippen LogP contribution in [0.1, 0.15) is 106 Å². The molecular formula is C28H40O4S. The van der Waals surface area contributed by atoms with E-state index in [1.807, 2.05) is 36.4 Å². The van der Waals surface area contributed by atoms with Crippen molar-refractivity contribution in [3.63, 3.8) is 0 Å². The van der Waals surface area contributed by atoms with Gasteiger partial charge in [-0.3, -0.25) is 9.59 Å². The van der Waals surface area contributed by atoms with Gasteiger partial charge >= 0.3 is 5.97 Å². The smallest absolute Gasteiger partial charge is 0.314 e. The van der Waals surface area contributed by atoms with Gasteiger partial charge in [0.25, 0.3) is 0 Å². The number of benzene rings is 1. The van der Waals surface area contributed by atoms with Gasteiger partial charge in [-0.15, -0.1) is 0 Å². The van der Waals surface area contributed by atoms with E-state index < -0.39 is 5.97 Å². The molecule has 1 aromatic carbocycles. The van der Waals surface area contributed by atoms with Gasteiger partial charge in [0.05, 0.1) is 11.5 Å². The molecule has 5 heteroatoms. The van der Waals surface area contributed by atoms with Crippen molar-refractivity contribution in [2.75, 3.05) is 6.61 Å². The largest absolute Gasteiger partial charge is 0.484 e. The van der Waals surface area contributed by atoms with Crippen LogP contribution in [0.25, 0.3) is 0 Å². The van der Waals surface area contributed by atoms with E-state index in [1.165, 1.54) is 82.0 Å². The Kier molecular flexibility index (Phi) is 14.3. The molecule has 0 atom stereocenters. The zero-order valence-electron chi connectivity index (χ0n) is 20.2. The maximum absolute atomic E-state index is 12.3. The first-order chi connectivity index (χ1) is 16.2. The molecule has 0 amide bonds. The normalized spacial score (nSPS) is 10.8. The minimum Gasteiger partial charge on any atom is -0.484 e. The predicted octanol–water partition coefficient (Wildman–Crippen LogP) is 8.14. The van der Waals surface area contributed by atoms with Crippen molar-refractivity contribution in [3.8, 4) is 5.06 Å². The van der Waals surface area contributed by atoms with Gasteiger partial charge in [0.15, 0.2) is 10.8 Å². The lowest BCUT2D eigenvalue weighted by molar-refractivity contribution is -0.143. The maximum atomic E-state index is 12.3. The lowest BCUT2D eigenvalue weighted by Crippen LogP contribution is -2.10. The van der Waals surface area contributed by atoms with Crippen LogP contribution in [0.5, 0.6) is 5.06 Å². The van der Waals surface area contributed by atoms with E-state index in [1.54, 1.807) is 6.07 Å². The molecule has 2 aromatic rings. The van der Waals surface area contributed by atoms with Gasteiger partial charge in [-0.2, -0.15) is 0 Å². The first-order valence-electron chi connectivity index (χ1n) is 12.6. The fraction of sp³-hybridized carbons (Fsp3) is 0.571. The molecule has 0 aliphatic carbocycles. The Morgan fingerprint density at radius 3 is 2.00 bits per heavy atom. The molecule has 33 heavy (non-hydrogen) atoms. The van der Waals surface area contributed by atoms with Gasteiger partial charge in [-0.1, -0.05) is 119 Å². The number of unbranched alkanes of at least 4 members (excludes halogenated alkanes) is 11. The van der Waals surface area contributed by atoms with Gasteiger partial charge in [0, 0.05) is 0 Å². The van der Waals surface area contributed by atoms with Gasteiger partial charge in [-0.05, 0) is 24.1 Å². The third kappa shape index (κ3) is 12.6. The summed E-state index contributed by atoms with van der Waals surface area (Å²) in [7, 11) is 0. The molecule has 2 rings (SSSR count). The second-order valence-corrected chi connectivity index (χ2v) is 9.65. The van der Waals surface area contributed by atoms with Crippen LogP contribution in [0.4, 0.5) is 0 Å². The van der Waals surface area contributed by atoms with E-state index in [0.29, 0.717) is 11.5 Å². The first kappa shape index (κ1) is 27.1. The Morgan fingerprint density at radius 1 is 0.758 bits per heavy atom. The zero-order chi connectivity index (χ0) is 23.6. The average Bonchev–Trinajstić information content (AvgIpc) is 3.30. The zero-order valence-corrected chi connectivity index (χ0v) is 21.0. The lowest BCUT2D eigenvalue weighted by Gasteiger charge is -2.04. The SMILES string of the molecule is CCCCCCCCCCCCCCOc1ccc(C(=O)CC(=O)OCc2ccccc2)s1. The lowest BCUT2D eigenvalue weighted by atomic mass is 10.1. The summed E-state index contributed by atoms with van der Waals surface area (Å²) in [6.07, 6.45) is 15.5. The number of thiophene rings is 1. The summed E-state index contributed by atoms with van der Waals surface area (Å²) < 4.78 is 11.0. The summed E-state index contributed by atoms with van der Waals surface area (Å²) in [5.74, 6) is -0.727. The predicted molar refractivity (Wildman–Crippen MR) is 136 cm³/mol. The maximum Gasteiger partial charge on any atom is 0.314 e. The van der Waals surface area contributed by atoms with Crippen molar-refractivity contribution in [3.05, 3.63) is 52.9 Å². The quantitative estimate of drug-likeness (QED) is 0.0896. The summed E-state index contributed by atoms with van der Waals surface area (Å²) in [6, 6.07) is 13.0. The summed E-state index contributed by atoms with van der Waals surface area (Å²) in [6.45, 7) is 3.12. The van der Waals surface area contributed by atoms with Gasteiger partial charge in [0.2, 0.25) is 0 Å². The number of esters is 1. The molecule has 0 spiro atoms. The standard InChI is InChI=1S/C28H40O4S/c1-2-3-4-5-6-7-8-9-10-11-12-16-21-31-28-20-19-26(33-28)25(29)22-27(30)32-23-24-17-14-13-15-18-24/h13-15,17-20H,2-12,16,21-23H2,1H3. The number of Topliss-reactive ketones (excluding diaryl/α,β-unsaturated/α-hetero) is 1. The summed E-state index contributed by atoms with van der Waals surface area (Å²) in [4.78, 5) is 24.8. The van der Waals surface area contributed by atoms with Crippen LogP contribution in [0.15, 0.2) is 42.5 Å². The van der Waals surface area contributed by atoms with Crippen LogP contribution in [0.3, 0.4) is 0 Å². The average molecular weight is 473 g/mol. The number of ketones is 1. The molecule has 0 aliphatic heterocycles. The van der Waals surface area contributed by atoms with E-state index in [4.69, 9.17) is 9.47 Å². The Bertz CT molecular complexity index is 784. The second-order valence-electron chi connectivity index (χ2n) is 8.60. The van der Waals surface area contributed by atoms with E-state index in [2.05, 4.69) is 6.92 Å². The monoisotopic (exact) mass is 472 g/mol. The van der Waals surface area contributed by atoms with Crippen LogP contribution in [0, 0.1) is 0 Å². The molecule has 0 radical (unpaired) electrons. The van der Waals surface area contributed by atoms with Crippen LogP contribution in [0.2, 0.25) is 0 Å². The van der Waals surface area contributed by atoms with Crippen molar-refractivity contribution >= 4 is 23.1 Å². The first-order valence-corrected chi connectivity index (χ1v) is 13.5. The number of carbonyl (C=O) groups excluding carboxylic acids is 2. The molecule has 0 saturated heterocycles. The number of carbonyl (C=O) groups is 2. The molecule has 0 fully saturated rings. The Hall–Kier alpha value is -2.14. The molecule has 4 nitrogen and oxygen atoms in total. The van der Waals surface area contributed by atoms with Crippen molar-refractivity contribution in [1.29, 1.82) is 0 Å². The summed E-state index contributed by atoms with van der Waals surface area (Å²) >= 11 is 1.30. The third-order valence-electron chi connectivity index (χ3n) is 5.65. The summed E-state index contributed by atoms with van der Waals surface area (Å²) in [5, 5.41) is 0.735. The molecule has 0 aliphatic rings. The van der Waals surface area contributed by atoms with Crippen LogP contribution < -0.4 is 4.74 Å². The Labute approximate surface area is 203 Å². The van der Waals surface area contributed by atoms with Gasteiger partial charge in [-0.25, -0.2) is 0 Å². The molecule has 1 heterocycles. The highest BCUT2D eigenvalue weighted by Gasteiger charge is 2.15. The summed E-state index contributed by atoms with van der Waals surface area (Å²) in [5.41, 5.74) is 0.905. The molecule has 1 aromatic heterocycles. The highest BCUT2D eigenvalue weighted by Crippen LogP contribution is 2.26. The minimum absolute atomic E-state index is 0.185. The van der Waals surface area contributed by atoms with Crippen molar-refractivity contribution in [2.24, 2.45) is 0 Å². The van der Waals surface area contributed by atoms with Crippen molar-refractivity contribution in [2.45, 2.75) is 97.0 Å². The van der Waals surface area contributed by atoms with E-state index in [-0.39, 0.29) is 18.8 Å². The molecule has 0 unspecified atom stereocenters. The molecule has 182 valence electrons. The minimum atomic E-state index is -0.504. The highest BCUT2D eigenvalue weighted by molar-refractivity contribution is 7.15. The fourth-order valence-corrected chi connectivity index (χ4v) is 4.49. The van der Waals surface area contributed by atoms with E-state index in [9.17, 15) is 9.59 Å². The van der Waals surface area contributed by atoms with Crippen molar-refractivity contribution < 1.29 is 19.1 Å². The topological polar surface area (TPSA) is 52.6 Å². The number of hydrogen-bond donors (Lipinski definition) is 0. The van der Waals surface area contributed by atoms with E-state index >= 15 is 0 Å².